The Kier molecular flexibility index (Phi) is 7.70. The molecular formula is C22H26N4O4S2. The van der Waals surface area contributed by atoms with Crippen molar-refractivity contribution >= 4 is 33.7 Å². The van der Waals surface area contributed by atoms with Gasteiger partial charge in [-0.25, -0.2) is 8.42 Å². The van der Waals surface area contributed by atoms with Gasteiger partial charge in [0.05, 0.1) is 11.3 Å². The van der Waals surface area contributed by atoms with Gasteiger partial charge in [-0.2, -0.15) is 4.31 Å². The van der Waals surface area contributed by atoms with Crippen LogP contribution in [0.15, 0.2) is 62.7 Å². The van der Waals surface area contributed by atoms with Crippen LogP contribution in [-0.4, -0.2) is 47.7 Å². The highest BCUT2D eigenvalue weighted by atomic mass is 32.2. The van der Waals surface area contributed by atoms with E-state index >= 15 is 0 Å². The van der Waals surface area contributed by atoms with Crippen molar-refractivity contribution in [3.8, 4) is 0 Å². The average molecular weight is 475 g/mol. The second kappa shape index (κ2) is 10.3. The standard InChI is InChI=1S/C22H26N4O4S2/c1-5-31-18-10-6-16(7-11-18)14-20-24-25-22(30-20)23-21(27)17-8-12-19(13-9-17)32(28,29)26(4)15(2)3/h6-13,15H,5,14H2,1-4H3,(H,23,25,27). The van der Waals surface area contributed by atoms with Crippen molar-refractivity contribution in [2.75, 3.05) is 18.1 Å². The van der Waals surface area contributed by atoms with Crippen LogP contribution < -0.4 is 5.32 Å². The first kappa shape index (κ1) is 24.0. The van der Waals surface area contributed by atoms with Gasteiger partial charge < -0.3 is 4.42 Å². The number of hydrogen-bond donors (Lipinski definition) is 1. The summed E-state index contributed by atoms with van der Waals surface area (Å²) in [5.41, 5.74) is 1.30. The summed E-state index contributed by atoms with van der Waals surface area (Å²) in [7, 11) is -2.09. The Hall–Kier alpha value is -2.69. The molecule has 170 valence electrons. The number of sulfonamides is 1. The molecule has 1 N–H and O–H groups in total. The van der Waals surface area contributed by atoms with Crippen LogP contribution in [0.4, 0.5) is 6.01 Å². The van der Waals surface area contributed by atoms with E-state index in [0.717, 1.165) is 11.3 Å². The first-order valence-corrected chi connectivity index (χ1v) is 12.6. The lowest BCUT2D eigenvalue weighted by Crippen LogP contribution is -2.33. The largest absolute Gasteiger partial charge is 0.407 e. The van der Waals surface area contributed by atoms with Gasteiger partial charge in [0.25, 0.3) is 5.91 Å². The number of anilines is 1. The average Bonchev–Trinajstić information content (AvgIpc) is 3.21. The van der Waals surface area contributed by atoms with Gasteiger partial charge in [-0.3, -0.25) is 10.1 Å². The van der Waals surface area contributed by atoms with E-state index in [4.69, 9.17) is 4.42 Å². The van der Waals surface area contributed by atoms with Crippen LogP contribution >= 0.6 is 11.8 Å². The molecule has 0 fully saturated rings. The summed E-state index contributed by atoms with van der Waals surface area (Å²) >= 11 is 1.77. The van der Waals surface area contributed by atoms with Gasteiger partial charge >= 0.3 is 6.01 Å². The Labute approximate surface area is 192 Å². The number of hydrogen-bond acceptors (Lipinski definition) is 7. The lowest BCUT2D eigenvalue weighted by molar-refractivity contribution is 0.102. The molecule has 0 atom stereocenters. The normalized spacial score (nSPS) is 11.8. The van der Waals surface area contributed by atoms with Crippen LogP contribution in [0, 0.1) is 0 Å². The quantitative estimate of drug-likeness (QED) is 0.466. The van der Waals surface area contributed by atoms with E-state index in [2.05, 4.69) is 22.4 Å². The molecule has 0 radical (unpaired) electrons. The third-order valence-corrected chi connectivity index (χ3v) is 7.74. The SMILES string of the molecule is CCSc1ccc(Cc2nnc(NC(=O)c3ccc(S(=O)(=O)N(C)C(C)C)cc3)o2)cc1. The fourth-order valence-electron chi connectivity index (χ4n) is 2.81. The van der Waals surface area contributed by atoms with E-state index in [1.807, 2.05) is 24.3 Å². The maximum atomic E-state index is 12.5. The number of nitrogens with zero attached hydrogens (tertiary/aromatic N) is 3. The fraction of sp³-hybridized carbons (Fsp3) is 0.318. The molecule has 3 rings (SSSR count). The van der Waals surface area contributed by atoms with Gasteiger partial charge in [0.1, 0.15) is 0 Å². The van der Waals surface area contributed by atoms with E-state index in [9.17, 15) is 13.2 Å². The zero-order valence-corrected chi connectivity index (χ0v) is 20.0. The molecule has 0 aliphatic heterocycles. The highest BCUT2D eigenvalue weighted by Gasteiger charge is 2.23. The van der Waals surface area contributed by atoms with Gasteiger partial charge in [0.2, 0.25) is 15.9 Å². The first-order chi connectivity index (χ1) is 15.2. The van der Waals surface area contributed by atoms with E-state index in [0.29, 0.717) is 12.3 Å². The second-order valence-corrected chi connectivity index (χ2v) is 10.7. The van der Waals surface area contributed by atoms with Crippen LogP contribution in [0.5, 0.6) is 0 Å². The predicted molar refractivity (Wildman–Crippen MR) is 124 cm³/mol. The Morgan fingerprint density at radius 1 is 1.09 bits per heavy atom. The number of thioether (sulfide) groups is 1. The van der Waals surface area contributed by atoms with Gasteiger partial charge in [-0.15, -0.1) is 16.9 Å². The lowest BCUT2D eigenvalue weighted by Gasteiger charge is -2.20. The number of amides is 1. The number of carbonyl (C=O) groups excluding carboxylic acids is 1. The zero-order chi connectivity index (χ0) is 23.3. The van der Waals surface area contributed by atoms with Crippen molar-refractivity contribution < 1.29 is 17.6 Å². The third-order valence-electron chi connectivity index (χ3n) is 4.80. The molecule has 2 aromatic carbocycles. The molecule has 1 amide bonds. The molecule has 1 aromatic heterocycles. The van der Waals surface area contributed by atoms with Crippen molar-refractivity contribution in [2.24, 2.45) is 0 Å². The molecule has 3 aromatic rings. The Morgan fingerprint density at radius 3 is 2.34 bits per heavy atom. The van der Waals surface area contributed by atoms with Gasteiger partial charge in [-0.05, 0) is 61.6 Å². The predicted octanol–water partition coefficient (Wildman–Crippen LogP) is 4.05. The topological polar surface area (TPSA) is 105 Å². The van der Waals surface area contributed by atoms with Crippen LogP contribution in [0.25, 0.3) is 0 Å². The second-order valence-electron chi connectivity index (χ2n) is 7.35. The highest BCUT2D eigenvalue weighted by molar-refractivity contribution is 7.99. The number of rotatable bonds is 9. The summed E-state index contributed by atoms with van der Waals surface area (Å²) in [5, 5.41) is 10.4. The number of benzene rings is 2. The number of aromatic nitrogens is 2. The summed E-state index contributed by atoms with van der Waals surface area (Å²) in [4.78, 5) is 13.8. The number of carbonyl (C=O) groups is 1. The monoisotopic (exact) mass is 474 g/mol. The fourth-order valence-corrected chi connectivity index (χ4v) is 4.84. The van der Waals surface area contributed by atoms with Crippen molar-refractivity contribution in [1.29, 1.82) is 0 Å². The summed E-state index contributed by atoms with van der Waals surface area (Å²) in [6.07, 6.45) is 0.454. The van der Waals surface area contributed by atoms with E-state index in [-0.39, 0.29) is 22.5 Å². The van der Waals surface area contributed by atoms with Crippen LogP contribution in [0.3, 0.4) is 0 Å². The molecule has 0 aliphatic carbocycles. The zero-order valence-electron chi connectivity index (χ0n) is 18.4. The maximum Gasteiger partial charge on any atom is 0.322 e. The van der Waals surface area contributed by atoms with E-state index in [1.54, 1.807) is 25.6 Å². The minimum atomic E-state index is -3.61. The van der Waals surface area contributed by atoms with Gasteiger partial charge in [-0.1, -0.05) is 24.2 Å². The molecule has 0 unspecified atom stereocenters. The Morgan fingerprint density at radius 2 is 1.75 bits per heavy atom. The smallest absolute Gasteiger partial charge is 0.322 e. The van der Waals surface area contributed by atoms with Crippen molar-refractivity contribution in [1.82, 2.24) is 14.5 Å². The molecule has 0 saturated heterocycles. The van der Waals surface area contributed by atoms with E-state index in [1.165, 1.54) is 40.5 Å². The molecule has 8 nitrogen and oxygen atoms in total. The van der Waals surface area contributed by atoms with Crippen molar-refractivity contribution in [3.63, 3.8) is 0 Å². The van der Waals surface area contributed by atoms with Crippen LogP contribution in [0.2, 0.25) is 0 Å². The van der Waals surface area contributed by atoms with E-state index < -0.39 is 15.9 Å². The van der Waals surface area contributed by atoms with Crippen LogP contribution in [0.1, 0.15) is 42.6 Å². The van der Waals surface area contributed by atoms with Crippen molar-refractivity contribution in [3.05, 3.63) is 65.5 Å². The number of nitrogens with one attached hydrogen (secondary N) is 1. The molecule has 10 heteroatoms. The van der Waals surface area contributed by atoms with Gasteiger partial charge in [0.15, 0.2) is 0 Å². The Balaban J connectivity index is 1.63. The maximum absolute atomic E-state index is 12.5. The van der Waals surface area contributed by atoms with Gasteiger partial charge in [0, 0.05) is 23.5 Å². The summed E-state index contributed by atoms with van der Waals surface area (Å²) in [6, 6.07) is 13.6. The molecule has 0 aliphatic rings. The molecule has 0 bridgehead atoms. The summed E-state index contributed by atoms with van der Waals surface area (Å²) in [6.45, 7) is 5.69. The van der Waals surface area contributed by atoms with Crippen LogP contribution in [-0.2, 0) is 16.4 Å². The van der Waals surface area contributed by atoms with Crippen molar-refractivity contribution in [2.45, 2.75) is 43.0 Å². The molecule has 1 heterocycles. The third kappa shape index (κ3) is 5.76. The first-order valence-electron chi connectivity index (χ1n) is 10.1. The summed E-state index contributed by atoms with van der Waals surface area (Å²) in [5.74, 6) is 0.927. The lowest BCUT2D eigenvalue weighted by atomic mass is 10.1. The Bertz CT molecular complexity index is 1160. The minimum Gasteiger partial charge on any atom is -0.407 e. The molecule has 32 heavy (non-hydrogen) atoms. The molecule has 0 saturated carbocycles. The molecular weight excluding hydrogens is 448 g/mol. The highest BCUT2D eigenvalue weighted by Crippen LogP contribution is 2.20. The minimum absolute atomic E-state index is 0.0144. The summed E-state index contributed by atoms with van der Waals surface area (Å²) < 4.78 is 31.9. The molecule has 0 spiro atoms.